The molecule has 4 nitrogen and oxygen atoms in total. The molecule has 1 N–H and O–H groups in total. The van der Waals surface area contributed by atoms with Crippen LogP contribution >= 0.6 is 11.6 Å². The first-order valence-corrected chi connectivity index (χ1v) is 8.64. The van der Waals surface area contributed by atoms with E-state index in [1.54, 1.807) is 17.0 Å². The molecule has 0 fully saturated rings. The van der Waals surface area contributed by atoms with E-state index in [2.05, 4.69) is 5.32 Å². The van der Waals surface area contributed by atoms with Gasteiger partial charge in [-0.15, -0.1) is 0 Å². The van der Waals surface area contributed by atoms with Crippen molar-refractivity contribution in [2.45, 2.75) is 33.4 Å². The number of rotatable bonds is 7. The Kier molecular flexibility index (Phi) is 7.02. The molecule has 0 aromatic heterocycles. The molecule has 0 aliphatic rings. The van der Waals surface area contributed by atoms with Gasteiger partial charge in [0.05, 0.1) is 0 Å². The SMILES string of the molecule is CC(=O)N(CCC(=O)NCc1ccc(Cl)cc1)Cc1ccc(C)cc1. The maximum absolute atomic E-state index is 12.0. The van der Waals surface area contributed by atoms with Crippen LogP contribution in [0.2, 0.25) is 5.02 Å². The third-order valence-corrected chi connectivity index (χ3v) is 4.20. The third kappa shape index (κ3) is 6.59. The minimum absolute atomic E-state index is 0.0360. The molecular formula is C20H23ClN2O2. The lowest BCUT2D eigenvalue weighted by Crippen LogP contribution is -2.33. The van der Waals surface area contributed by atoms with Crippen LogP contribution in [0.15, 0.2) is 48.5 Å². The van der Waals surface area contributed by atoms with Crippen LogP contribution in [0.5, 0.6) is 0 Å². The number of nitrogens with one attached hydrogen (secondary N) is 1. The zero-order chi connectivity index (χ0) is 18.2. The Labute approximate surface area is 153 Å². The lowest BCUT2D eigenvalue weighted by molar-refractivity contribution is -0.130. The Morgan fingerprint density at radius 2 is 1.60 bits per heavy atom. The molecule has 0 saturated heterocycles. The van der Waals surface area contributed by atoms with E-state index >= 15 is 0 Å². The number of nitrogens with zero attached hydrogens (tertiary/aromatic N) is 1. The maximum atomic E-state index is 12.0. The largest absolute Gasteiger partial charge is 0.352 e. The summed E-state index contributed by atoms with van der Waals surface area (Å²) >= 11 is 5.84. The summed E-state index contributed by atoms with van der Waals surface area (Å²) in [6.07, 6.45) is 0.277. The summed E-state index contributed by atoms with van der Waals surface area (Å²) in [6, 6.07) is 15.4. The maximum Gasteiger partial charge on any atom is 0.222 e. The Morgan fingerprint density at radius 1 is 1.00 bits per heavy atom. The van der Waals surface area contributed by atoms with Crippen molar-refractivity contribution in [3.05, 3.63) is 70.2 Å². The first kappa shape index (κ1) is 19.0. The van der Waals surface area contributed by atoms with Crippen molar-refractivity contribution >= 4 is 23.4 Å². The summed E-state index contributed by atoms with van der Waals surface area (Å²) in [6.45, 7) is 4.92. The Balaban J connectivity index is 1.81. The number of carbonyl (C=O) groups excluding carboxylic acids is 2. The van der Waals surface area contributed by atoms with Gasteiger partial charge in [-0.1, -0.05) is 53.6 Å². The first-order chi connectivity index (χ1) is 11.9. The molecule has 0 unspecified atom stereocenters. The number of carbonyl (C=O) groups is 2. The smallest absolute Gasteiger partial charge is 0.222 e. The summed E-state index contributed by atoms with van der Waals surface area (Å²) in [4.78, 5) is 25.5. The van der Waals surface area contributed by atoms with Gasteiger partial charge in [-0.2, -0.15) is 0 Å². The highest BCUT2D eigenvalue weighted by Gasteiger charge is 2.12. The zero-order valence-corrected chi connectivity index (χ0v) is 15.3. The molecular weight excluding hydrogens is 336 g/mol. The summed E-state index contributed by atoms with van der Waals surface area (Å²) in [5.41, 5.74) is 3.22. The molecule has 0 saturated carbocycles. The predicted octanol–water partition coefficient (Wildman–Crippen LogP) is 3.70. The number of halogens is 1. The number of aryl methyl sites for hydroxylation is 1. The molecule has 2 aromatic rings. The second-order valence-corrected chi connectivity index (χ2v) is 6.52. The predicted molar refractivity (Wildman–Crippen MR) is 100 cm³/mol. The van der Waals surface area contributed by atoms with Gasteiger partial charge in [0.15, 0.2) is 0 Å². The summed E-state index contributed by atoms with van der Waals surface area (Å²) in [5.74, 6) is -0.115. The van der Waals surface area contributed by atoms with Crippen LogP contribution in [-0.4, -0.2) is 23.3 Å². The van der Waals surface area contributed by atoms with E-state index in [1.165, 1.54) is 12.5 Å². The quantitative estimate of drug-likeness (QED) is 0.820. The van der Waals surface area contributed by atoms with Crippen molar-refractivity contribution in [1.82, 2.24) is 10.2 Å². The number of amides is 2. The molecule has 2 rings (SSSR count). The van der Waals surface area contributed by atoms with Gasteiger partial charge in [-0.3, -0.25) is 9.59 Å². The molecule has 25 heavy (non-hydrogen) atoms. The van der Waals surface area contributed by atoms with Crippen molar-refractivity contribution in [2.24, 2.45) is 0 Å². The Hall–Kier alpha value is -2.33. The van der Waals surface area contributed by atoms with Crippen LogP contribution in [0, 0.1) is 6.92 Å². The van der Waals surface area contributed by atoms with Gasteiger partial charge in [-0.05, 0) is 30.2 Å². The molecule has 0 radical (unpaired) electrons. The normalized spacial score (nSPS) is 10.4. The topological polar surface area (TPSA) is 49.4 Å². The van der Waals surface area contributed by atoms with Gasteiger partial charge in [0.1, 0.15) is 0 Å². The summed E-state index contributed by atoms with van der Waals surface area (Å²) < 4.78 is 0. The number of benzene rings is 2. The molecule has 132 valence electrons. The highest BCUT2D eigenvalue weighted by Crippen LogP contribution is 2.10. The summed E-state index contributed by atoms with van der Waals surface area (Å²) in [7, 11) is 0. The molecule has 0 aliphatic carbocycles. The summed E-state index contributed by atoms with van der Waals surface area (Å²) in [5, 5.41) is 3.53. The fourth-order valence-electron chi connectivity index (χ4n) is 2.39. The molecule has 0 spiro atoms. The van der Waals surface area contributed by atoms with E-state index in [1.807, 2.05) is 43.3 Å². The van der Waals surface area contributed by atoms with Crippen LogP contribution < -0.4 is 5.32 Å². The minimum Gasteiger partial charge on any atom is -0.352 e. The van der Waals surface area contributed by atoms with E-state index in [4.69, 9.17) is 11.6 Å². The molecule has 0 bridgehead atoms. The standard InChI is InChI=1S/C20H23ClN2O2/c1-15-3-5-18(6-4-15)14-23(16(2)24)12-11-20(25)22-13-17-7-9-19(21)10-8-17/h3-10H,11-14H2,1-2H3,(H,22,25). The van der Waals surface area contributed by atoms with Crippen molar-refractivity contribution < 1.29 is 9.59 Å². The van der Waals surface area contributed by atoms with E-state index in [9.17, 15) is 9.59 Å². The van der Waals surface area contributed by atoms with Crippen molar-refractivity contribution in [1.29, 1.82) is 0 Å². The van der Waals surface area contributed by atoms with Crippen LogP contribution in [0.4, 0.5) is 0 Å². The van der Waals surface area contributed by atoms with Gasteiger partial charge >= 0.3 is 0 Å². The number of hydrogen-bond donors (Lipinski definition) is 1. The van der Waals surface area contributed by atoms with Crippen molar-refractivity contribution in [2.75, 3.05) is 6.54 Å². The molecule has 5 heteroatoms. The van der Waals surface area contributed by atoms with E-state index in [0.29, 0.717) is 24.7 Å². The highest BCUT2D eigenvalue weighted by atomic mass is 35.5. The molecule has 2 aromatic carbocycles. The molecule has 0 atom stereocenters. The zero-order valence-electron chi connectivity index (χ0n) is 14.6. The Morgan fingerprint density at radius 3 is 2.20 bits per heavy atom. The van der Waals surface area contributed by atoms with E-state index < -0.39 is 0 Å². The molecule has 0 heterocycles. The van der Waals surface area contributed by atoms with Gasteiger partial charge in [-0.25, -0.2) is 0 Å². The average molecular weight is 359 g/mol. The average Bonchev–Trinajstić information content (AvgIpc) is 2.59. The van der Waals surface area contributed by atoms with Crippen molar-refractivity contribution in [3.8, 4) is 0 Å². The van der Waals surface area contributed by atoms with Crippen molar-refractivity contribution in [3.63, 3.8) is 0 Å². The van der Waals surface area contributed by atoms with Crippen LogP contribution in [0.1, 0.15) is 30.0 Å². The Bertz CT molecular complexity index is 711. The van der Waals surface area contributed by atoms with Crippen LogP contribution in [0.3, 0.4) is 0 Å². The fourth-order valence-corrected chi connectivity index (χ4v) is 2.52. The second kappa shape index (κ2) is 9.23. The monoisotopic (exact) mass is 358 g/mol. The minimum atomic E-state index is -0.0786. The van der Waals surface area contributed by atoms with Crippen LogP contribution in [-0.2, 0) is 22.7 Å². The lowest BCUT2D eigenvalue weighted by atomic mass is 10.1. The lowest BCUT2D eigenvalue weighted by Gasteiger charge is -2.21. The first-order valence-electron chi connectivity index (χ1n) is 8.26. The van der Waals surface area contributed by atoms with Crippen LogP contribution in [0.25, 0.3) is 0 Å². The molecule has 2 amide bonds. The van der Waals surface area contributed by atoms with Gasteiger partial charge in [0, 0.05) is 38.0 Å². The highest BCUT2D eigenvalue weighted by molar-refractivity contribution is 6.30. The van der Waals surface area contributed by atoms with Gasteiger partial charge < -0.3 is 10.2 Å². The number of hydrogen-bond acceptors (Lipinski definition) is 2. The second-order valence-electron chi connectivity index (χ2n) is 6.08. The van der Waals surface area contributed by atoms with Gasteiger partial charge in [0.2, 0.25) is 11.8 Å². The van der Waals surface area contributed by atoms with E-state index in [-0.39, 0.29) is 18.2 Å². The molecule has 0 aliphatic heterocycles. The van der Waals surface area contributed by atoms with Gasteiger partial charge in [0.25, 0.3) is 0 Å². The fraction of sp³-hybridized carbons (Fsp3) is 0.300. The third-order valence-electron chi connectivity index (χ3n) is 3.95. The van der Waals surface area contributed by atoms with E-state index in [0.717, 1.165) is 11.1 Å².